The lowest BCUT2D eigenvalue weighted by Gasteiger charge is -2.38. The fourth-order valence-corrected chi connectivity index (χ4v) is 3.41. The van der Waals surface area contributed by atoms with Crippen molar-refractivity contribution in [2.24, 2.45) is 0 Å². The van der Waals surface area contributed by atoms with Gasteiger partial charge in [0.05, 0.1) is 17.3 Å². The Balaban J connectivity index is 1.56. The number of hydrogen-bond donors (Lipinski definition) is 1. The van der Waals surface area contributed by atoms with Crippen LogP contribution in [0.5, 0.6) is 0 Å². The molecule has 1 aliphatic rings. The number of carbonyl (C=O) groups is 1. The van der Waals surface area contributed by atoms with Crippen LogP contribution in [-0.2, 0) is 11.0 Å². The second kappa shape index (κ2) is 8.66. The second-order valence-corrected chi connectivity index (χ2v) is 7.63. The predicted octanol–water partition coefficient (Wildman–Crippen LogP) is 4.15. The largest absolute Gasteiger partial charge is 0.417 e. The lowest BCUT2D eigenvalue weighted by molar-refractivity contribution is -0.137. The number of alkyl halides is 3. The monoisotopic (exact) mass is 474 g/mol. The van der Waals surface area contributed by atoms with Gasteiger partial charge in [-0.1, -0.05) is 15.9 Å². The van der Waals surface area contributed by atoms with Crippen molar-refractivity contribution in [1.29, 1.82) is 0 Å². The molecule has 1 aromatic heterocycles. The van der Waals surface area contributed by atoms with Crippen molar-refractivity contribution < 1.29 is 22.4 Å². The van der Waals surface area contributed by atoms with Crippen LogP contribution in [-0.4, -0.2) is 48.0 Å². The number of rotatable bonds is 4. The number of carbonyl (C=O) groups excluding carboxylic acids is 1. The molecule has 156 valence electrons. The maximum Gasteiger partial charge on any atom is 0.417 e. The lowest BCUT2D eigenvalue weighted by atomic mass is 10.2. The fourth-order valence-electron chi connectivity index (χ4n) is 3.07. The number of benzene rings is 1. The summed E-state index contributed by atoms with van der Waals surface area (Å²) in [5.74, 6) is -0.392. The van der Waals surface area contributed by atoms with E-state index >= 15 is 0 Å². The summed E-state index contributed by atoms with van der Waals surface area (Å²) >= 11 is 3.17. The van der Waals surface area contributed by atoms with Gasteiger partial charge >= 0.3 is 6.18 Å². The van der Waals surface area contributed by atoms with Crippen LogP contribution in [0.3, 0.4) is 0 Å². The van der Waals surface area contributed by atoms with Gasteiger partial charge in [-0.25, -0.2) is 9.37 Å². The summed E-state index contributed by atoms with van der Waals surface area (Å²) in [6.45, 7) is 3.82. The van der Waals surface area contributed by atoms with Crippen molar-refractivity contribution in [3.63, 3.8) is 0 Å². The molecule has 0 aliphatic carbocycles. The SMILES string of the molecule is CC(C(=O)Nc1ccc(Br)cc1F)N1CCN(c2ccc(C(F)(F)F)cn2)CC1. The molecule has 2 aromatic rings. The zero-order valence-electron chi connectivity index (χ0n) is 15.5. The molecule has 0 saturated carbocycles. The zero-order chi connectivity index (χ0) is 21.2. The smallest absolute Gasteiger partial charge is 0.354 e. The van der Waals surface area contributed by atoms with Crippen LogP contribution in [0.4, 0.5) is 29.1 Å². The average molecular weight is 475 g/mol. The molecule has 1 fully saturated rings. The number of amides is 1. The number of hydrogen-bond acceptors (Lipinski definition) is 4. The van der Waals surface area contributed by atoms with E-state index in [4.69, 9.17) is 0 Å². The van der Waals surface area contributed by atoms with Crippen LogP contribution in [0.25, 0.3) is 0 Å². The number of halogens is 5. The molecule has 1 unspecified atom stereocenters. The van der Waals surface area contributed by atoms with Gasteiger partial charge in [0.1, 0.15) is 11.6 Å². The van der Waals surface area contributed by atoms with E-state index in [-0.39, 0.29) is 11.6 Å². The average Bonchev–Trinajstić information content (AvgIpc) is 2.69. The van der Waals surface area contributed by atoms with Gasteiger partial charge in [0.25, 0.3) is 0 Å². The lowest BCUT2D eigenvalue weighted by Crippen LogP contribution is -2.53. The molecule has 5 nitrogen and oxygen atoms in total. The van der Waals surface area contributed by atoms with Gasteiger partial charge in [0.2, 0.25) is 5.91 Å². The minimum absolute atomic E-state index is 0.109. The van der Waals surface area contributed by atoms with E-state index in [0.29, 0.717) is 36.5 Å². The summed E-state index contributed by atoms with van der Waals surface area (Å²) in [7, 11) is 0. The van der Waals surface area contributed by atoms with E-state index < -0.39 is 23.6 Å². The van der Waals surface area contributed by atoms with Crippen LogP contribution >= 0.6 is 15.9 Å². The molecule has 1 atom stereocenters. The number of nitrogens with one attached hydrogen (secondary N) is 1. The summed E-state index contributed by atoms with van der Waals surface area (Å²) in [5, 5.41) is 2.59. The normalized spacial score (nSPS) is 16.6. The van der Waals surface area contributed by atoms with Crippen molar-refractivity contribution in [2.45, 2.75) is 19.1 Å². The highest BCUT2D eigenvalue weighted by atomic mass is 79.9. The number of nitrogens with zero attached hydrogens (tertiary/aromatic N) is 3. The number of piperazine rings is 1. The van der Waals surface area contributed by atoms with Crippen molar-refractivity contribution in [3.05, 3.63) is 52.4 Å². The van der Waals surface area contributed by atoms with Crippen LogP contribution in [0.2, 0.25) is 0 Å². The van der Waals surface area contributed by atoms with Gasteiger partial charge in [-0.3, -0.25) is 9.69 Å². The quantitative estimate of drug-likeness (QED) is 0.676. The first-order chi connectivity index (χ1) is 13.6. The van der Waals surface area contributed by atoms with Gasteiger partial charge in [-0.15, -0.1) is 0 Å². The Morgan fingerprint density at radius 3 is 2.41 bits per heavy atom. The summed E-state index contributed by atoms with van der Waals surface area (Å²) in [6, 6.07) is 6.27. The Labute approximate surface area is 173 Å². The van der Waals surface area contributed by atoms with Crippen molar-refractivity contribution in [2.75, 3.05) is 36.4 Å². The molecule has 1 aliphatic heterocycles. The van der Waals surface area contributed by atoms with Crippen molar-refractivity contribution in [1.82, 2.24) is 9.88 Å². The second-order valence-electron chi connectivity index (χ2n) is 6.72. The van der Waals surface area contributed by atoms with Gasteiger partial charge in [0.15, 0.2) is 0 Å². The third kappa shape index (κ3) is 5.24. The van der Waals surface area contributed by atoms with Crippen molar-refractivity contribution >= 4 is 33.3 Å². The molecule has 0 spiro atoms. The molecule has 29 heavy (non-hydrogen) atoms. The topological polar surface area (TPSA) is 48.5 Å². The summed E-state index contributed by atoms with van der Waals surface area (Å²) < 4.78 is 52.5. The molecule has 1 N–H and O–H groups in total. The van der Waals surface area contributed by atoms with E-state index in [0.717, 1.165) is 12.3 Å². The summed E-state index contributed by atoms with van der Waals surface area (Å²) in [4.78, 5) is 20.2. The maximum atomic E-state index is 13.9. The first-order valence-corrected chi connectivity index (χ1v) is 9.72. The third-order valence-corrected chi connectivity index (χ3v) is 5.32. The highest BCUT2D eigenvalue weighted by molar-refractivity contribution is 9.10. The van der Waals surface area contributed by atoms with Gasteiger partial charge in [0, 0.05) is 36.8 Å². The highest BCUT2D eigenvalue weighted by Crippen LogP contribution is 2.29. The molecular weight excluding hydrogens is 456 g/mol. The van der Waals surface area contributed by atoms with Crippen LogP contribution in [0.15, 0.2) is 41.0 Å². The highest BCUT2D eigenvalue weighted by Gasteiger charge is 2.31. The van der Waals surface area contributed by atoms with Gasteiger partial charge in [-0.05, 0) is 37.3 Å². The molecular formula is C19H19BrF4N4O. The van der Waals surface area contributed by atoms with Gasteiger partial charge in [-0.2, -0.15) is 13.2 Å². The predicted molar refractivity (Wildman–Crippen MR) is 105 cm³/mol. The minimum atomic E-state index is -4.42. The Kier molecular flexibility index (Phi) is 6.42. The van der Waals surface area contributed by atoms with E-state index in [1.165, 1.54) is 18.2 Å². The van der Waals surface area contributed by atoms with Crippen LogP contribution < -0.4 is 10.2 Å². The van der Waals surface area contributed by atoms with Crippen LogP contribution in [0.1, 0.15) is 12.5 Å². The number of aromatic nitrogens is 1. The Bertz CT molecular complexity index is 868. The molecule has 3 rings (SSSR count). The molecule has 0 bridgehead atoms. The summed E-state index contributed by atoms with van der Waals surface area (Å²) in [6.07, 6.45) is -3.59. The molecule has 1 aromatic carbocycles. The fraction of sp³-hybridized carbons (Fsp3) is 0.368. The van der Waals surface area contributed by atoms with E-state index in [2.05, 4.69) is 26.2 Å². The van der Waals surface area contributed by atoms with Gasteiger partial charge < -0.3 is 10.2 Å². The molecule has 10 heteroatoms. The Morgan fingerprint density at radius 2 is 1.86 bits per heavy atom. The standard InChI is InChI=1S/C19H19BrF4N4O/c1-12(18(29)26-16-4-3-14(20)10-15(16)21)27-6-8-28(9-7-27)17-5-2-13(11-25-17)19(22,23)24/h2-5,10-12H,6-9H2,1H3,(H,26,29). The first kappa shape index (κ1) is 21.5. The molecule has 2 heterocycles. The molecule has 1 amide bonds. The van der Waals surface area contributed by atoms with E-state index in [9.17, 15) is 22.4 Å². The number of pyridine rings is 1. The van der Waals surface area contributed by atoms with Crippen LogP contribution in [0, 0.1) is 5.82 Å². The summed E-state index contributed by atoms with van der Waals surface area (Å²) in [5.41, 5.74) is -0.678. The van der Waals surface area contributed by atoms with E-state index in [1.54, 1.807) is 13.0 Å². The first-order valence-electron chi connectivity index (χ1n) is 8.93. The maximum absolute atomic E-state index is 13.9. The Morgan fingerprint density at radius 1 is 1.17 bits per heavy atom. The zero-order valence-corrected chi connectivity index (χ0v) is 17.1. The Hall–Kier alpha value is -2.20. The molecule has 0 radical (unpaired) electrons. The van der Waals surface area contributed by atoms with E-state index in [1.807, 2.05) is 9.80 Å². The minimum Gasteiger partial charge on any atom is -0.354 e. The van der Waals surface area contributed by atoms with Crippen molar-refractivity contribution in [3.8, 4) is 0 Å². The molecule has 1 saturated heterocycles. The third-order valence-electron chi connectivity index (χ3n) is 4.83. The number of anilines is 2.